The van der Waals surface area contributed by atoms with Crippen molar-refractivity contribution in [3.8, 4) is 5.75 Å². The van der Waals surface area contributed by atoms with Crippen LogP contribution in [0.2, 0.25) is 0 Å². The zero-order valence-electron chi connectivity index (χ0n) is 9.67. The van der Waals surface area contributed by atoms with Gasteiger partial charge in [-0.05, 0) is 18.2 Å². The monoisotopic (exact) mass is 240 g/mol. The number of carbonyl (C=O) groups excluding carboxylic acids is 1. The van der Waals surface area contributed by atoms with Gasteiger partial charge in [-0.2, -0.15) is 0 Å². The van der Waals surface area contributed by atoms with E-state index in [4.69, 9.17) is 10.5 Å². The molecule has 0 saturated carbocycles. The van der Waals surface area contributed by atoms with E-state index < -0.39 is 0 Å². The lowest BCUT2D eigenvalue weighted by atomic mass is 9.97. The molecule has 18 heavy (non-hydrogen) atoms. The Morgan fingerprint density at radius 1 is 1.33 bits per heavy atom. The molecule has 4 nitrogen and oxygen atoms in total. The number of ketones is 1. The van der Waals surface area contributed by atoms with Crippen LogP contribution in [0.1, 0.15) is 28.4 Å². The van der Waals surface area contributed by atoms with Gasteiger partial charge < -0.3 is 10.5 Å². The summed E-state index contributed by atoms with van der Waals surface area (Å²) in [6.07, 6.45) is 3.47. The van der Waals surface area contributed by atoms with E-state index in [0.717, 1.165) is 5.56 Å². The van der Waals surface area contributed by atoms with Gasteiger partial charge in [-0.1, -0.05) is 6.07 Å². The minimum absolute atomic E-state index is 0.0742. The third kappa shape index (κ3) is 1.82. The lowest BCUT2D eigenvalue weighted by Gasteiger charge is -2.25. The summed E-state index contributed by atoms with van der Waals surface area (Å²) in [4.78, 5) is 16.1. The SMILES string of the molecule is Nc1ccc2c(c1)OC(c1cccnc1)CC2=O. The van der Waals surface area contributed by atoms with Crippen molar-refractivity contribution in [2.45, 2.75) is 12.5 Å². The van der Waals surface area contributed by atoms with Gasteiger partial charge in [0.25, 0.3) is 0 Å². The van der Waals surface area contributed by atoms with Crippen molar-refractivity contribution in [2.24, 2.45) is 0 Å². The number of Topliss-reactive ketones (excluding diaryl/α,β-unsaturated/α-hetero) is 1. The lowest BCUT2D eigenvalue weighted by molar-refractivity contribution is 0.0850. The van der Waals surface area contributed by atoms with Crippen molar-refractivity contribution >= 4 is 11.5 Å². The second kappa shape index (κ2) is 4.14. The summed E-state index contributed by atoms with van der Waals surface area (Å²) >= 11 is 0. The molecule has 0 saturated heterocycles. The van der Waals surface area contributed by atoms with Gasteiger partial charge in [0.1, 0.15) is 11.9 Å². The summed E-state index contributed by atoms with van der Waals surface area (Å²) in [6, 6.07) is 8.85. The van der Waals surface area contributed by atoms with Crippen LogP contribution in [0.5, 0.6) is 5.75 Å². The molecule has 0 radical (unpaired) electrons. The number of fused-ring (bicyclic) bond motifs is 1. The molecule has 0 bridgehead atoms. The van der Waals surface area contributed by atoms with E-state index >= 15 is 0 Å². The summed E-state index contributed by atoms with van der Waals surface area (Å²) in [7, 11) is 0. The third-order valence-corrected chi connectivity index (χ3v) is 3.00. The topological polar surface area (TPSA) is 65.2 Å². The van der Waals surface area contributed by atoms with Gasteiger partial charge in [0.15, 0.2) is 5.78 Å². The summed E-state index contributed by atoms with van der Waals surface area (Å²) in [5.41, 5.74) is 7.80. The fourth-order valence-electron chi connectivity index (χ4n) is 2.09. The summed E-state index contributed by atoms with van der Waals surface area (Å²) in [5.74, 6) is 0.630. The van der Waals surface area contributed by atoms with Gasteiger partial charge >= 0.3 is 0 Å². The molecule has 1 aliphatic heterocycles. The Labute approximate surface area is 104 Å². The predicted molar refractivity (Wildman–Crippen MR) is 67.4 cm³/mol. The van der Waals surface area contributed by atoms with Crippen LogP contribution < -0.4 is 10.5 Å². The molecule has 1 aromatic carbocycles. The normalized spacial score (nSPS) is 18.0. The zero-order valence-corrected chi connectivity index (χ0v) is 9.67. The quantitative estimate of drug-likeness (QED) is 0.777. The van der Waals surface area contributed by atoms with Gasteiger partial charge in [0.05, 0.1) is 12.0 Å². The Morgan fingerprint density at radius 3 is 3.00 bits per heavy atom. The van der Waals surface area contributed by atoms with E-state index in [9.17, 15) is 4.79 Å². The molecule has 4 heteroatoms. The first-order valence-electron chi connectivity index (χ1n) is 5.73. The molecule has 2 aromatic rings. The number of benzene rings is 1. The highest BCUT2D eigenvalue weighted by molar-refractivity contribution is 6.00. The standard InChI is InChI=1S/C14H12N2O2/c15-10-3-4-11-12(17)7-13(18-14(11)6-10)9-2-1-5-16-8-9/h1-6,8,13H,7,15H2. The molecule has 1 unspecified atom stereocenters. The highest BCUT2D eigenvalue weighted by atomic mass is 16.5. The summed E-state index contributed by atoms with van der Waals surface area (Å²) in [6.45, 7) is 0. The Kier molecular flexibility index (Phi) is 2.48. The summed E-state index contributed by atoms with van der Waals surface area (Å²) < 4.78 is 5.83. The molecule has 1 aromatic heterocycles. The maximum atomic E-state index is 12.0. The Bertz CT molecular complexity index is 596. The molecule has 1 aliphatic rings. The molecule has 1 atom stereocenters. The van der Waals surface area contributed by atoms with E-state index in [0.29, 0.717) is 23.4 Å². The predicted octanol–water partition coefficient (Wildman–Crippen LogP) is 2.37. The van der Waals surface area contributed by atoms with Crippen LogP contribution in [0.3, 0.4) is 0 Å². The van der Waals surface area contributed by atoms with Crippen LogP contribution in [-0.4, -0.2) is 10.8 Å². The van der Waals surface area contributed by atoms with Crippen LogP contribution in [0.25, 0.3) is 0 Å². The number of pyridine rings is 1. The first-order valence-corrected chi connectivity index (χ1v) is 5.73. The number of nitrogens with zero attached hydrogens (tertiary/aromatic N) is 1. The first-order chi connectivity index (χ1) is 8.74. The second-order valence-corrected chi connectivity index (χ2v) is 4.28. The van der Waals surface area contributed by atoms with E-state index in [1.807, 2.05) is 12.1 Å². The van der Waals surface area contributed by atoms with Crippen LogP contribution >= 0.6 is 0 Å². The van der Waals surface area contributed by atoms with Crippen LogP contribution in [0.4, 0.5) is 5.69 Å². The van der Waals surface area contributed by atoms with Crippen molar-refractivity contribution in [3.63, 3.8) is 0 Å². The fourth-order valence-corrected chi connectivity index (χ4v) is 2.09. The third-order valence-electron chi connectivity index (χ3n) is 3.00. The van der Waals surface area contributed by atoms with Crippen LogP contribution in [0, 0.1) is 0 Å². The molecule has 90 valence electrons. The molecular formula is C14H12N2O2. The number of ether oxygens (including phenoxy) is 1. The smallest absolute Gasteiger partial charge is 0.170 e. The van der Waals surface area contributed by atoms with Crippen molar-refractivity contribution in [1.29, 1.82) is 0 Å². The molecule has 2 N–H and O–H groups in total. The highest BCUT2D eigenvalue weighted by Crippen LogP contribution is 2.35. The molecule has 0 aliphatic carbocycles. The maximum Gasteiger partial charge on any atom is 0.170 e. The largest absolute Gasteiger partial charge is 0.484 e. The van der Waals surface area contributed by atoms with E-state index in [1.165, 1.54) is 0 Å². The van der Waals surface area contributed by atoms with Gasteiger partial charge in [0.2, 0.25) is 0 Å². The van der Waals surface area contributed by atoms with Crippen molar-refractivity contribution in [3.05, 3.63) is 53.9 Å². The molecule has 3 rings (SSSR count). The van der Waals surface area contributed by atoms with Crippen LogP contribution in [-0.2, 0) is 0 Å². The second-order valence-electron chi connectivity index (χ2n) is 4.28. The number of nitrogens with two attached hydrogens (primary N) is 1. The Hall–Kier alpha value is -2.36. The molecular weight excluding hydrogens is 228 g/mol. The van der Waals surface area contributed by atoms with E-state index in [-0.39, 0.29) is 11.9 Å². The Morgan fingerprint density at radius 2 is 2.22 bits per heavy atom. The average molecular weight is 240 g/mol. The minimum atomic E-state index is -0.277. The van der Waals surface area contributed by atoms with Gasteiger partial charge in [0, 0.05) is 29.7 Å². The number of anilines is 1. The molecule has 0 amide bonds. The first kappa shape index (κ1) is 10.8. The fraction of sp³-hybridized carbons (Fsp3) is 0.143. The highest BCUT2D eigenvalue weighted by Gasteiger charge is 2.27. The number of hydrogen-bond donors (Lipinski definition) is 1. The maximum absolute atomic E-state index is 12.0. The van der Waals surface area contributed by atoms with Crippen molar-refractivity contribution < 1.29 is 9.53 Å². The van der Waals surface area contributed by atoms with Gasteiger partial charge in [-0.15, -0.1) is 0 Å². The van der Waals surface area contributed by atoms with E-state index in [1.54, 1.807) is 30.6 Å². The van der Waals surface area contributed by atoms with Gasteiger partial charge in [-0.25, -0.2) is 0 Å². The van der Waals surface area contributed by atoms with Crippen molar-refractivity contribution in [2.75, 3.05) is 5.73 Å². The number of rotatable bonds is 1. The number of hydrogen-bond acceptors (Lipinski definition) is 4. The van der Waals surface area contributed by atoms with Crippen LogP contribution in [0.15, 0.2) is 42.7 Å². The lowest BCUT2D eigenvalue weighted by Crippen LogP contribution is -2.20. The molecule has 0 spiro atoms. The number of aromatic nitrogens is 1. The van der Waals surface area contributed by atoms with Crippen molar-refractivity contribution in [1.82, 2.24) is 4.98 Å². The molecule has 2 heterocycles. The van der Waals surface area contributed by atoms with Gasteiger partial charge in [-0.3, -0.25) is 9.78 Å². The number of carbonyl (C=O) groups is 1. The molecule has 0 fully saturated rings. The average Bonchev–Trinajstić information content (AvgIpc) is 2.39. The minimum Gasteiger partial charge on any atom is -0.484 e. The Balaban J connectivity index is 1.98. The number of nitrogen functional groups attached to an aromatic ring is 1. The summed E-state index contributed by atoms with van der Waals surface area (Å²) in [5, 5.41) is 0. The van der Waals surface area contributed by atoms with E-state index in [2.05, 4.69) is 4.98 Å². The zero-order chi connectivity index (χ0) is 12.5.